The Hall–Kier alpha value is -4.57. The number of methoxy groups -OCH3 is 5. The number of hydrogen-bond acceptors (Lipinski definition) is 14. The van der Waals surface area contributed by atoms with Gasteiger partial charge in [0.15, 0.2) is 0 Å². The number of ether oxygens (including phenoxy) is 5. The van der Waals surface area contributed by atoms with E-state index >= 15 is 0 Å². The molecule has 73 heavy (non-hydrogen) atoms. The molecule has 0 saturated heterocycles. The number of esters is 4. The van der Waals surface area contributed by atoms with Crippen LogP contribution < -0.4 is 0 Å². The number of hydrogen-bond donors (Lipinski definition) is 3. The van der Waals surface area contributed by atoms with E-state index in [-0.39, 0.29) is 59.4 Å². The summed E-state index contributed by atoms with van der Waals surface area (Å²) in [5.41, 5.74) is 3.08. The molecule has 14 nitrogen and oxygen atoms in total. The van der Waals surface area contributed by atoms with Crippen molar-refractivity contribution in [2.24, 2.45) is 53.3 Å². The van der Waals surface area contributed by atoms with Crippen LogP contribution in [0.3, 0.4) is 0 Å². The molecule has 0 fully saturated rings. The highest BCUT2D eigenvalue weighted by Crippen LogP contribution is 2.21. The van der Waals surface area contributed by atoms with Crippen molar-refractivity contribution >= 4 is 38.5 Å². The Balaban J connectivity index is -0.000000187. The van der Waals surface area contributed by atoms with Gasteiger partial charge in [-0.3, -0.25) is 24.0 Å². The molecule has 0 aliphatic carbocycles. The molecule has 0 amide bonds. The first kappa shape index (κ1) is 79.8. The van der Waals surface area contributed by atoms with Gasteiger partial charge in [0.05, 0.1) is 77.0 Å². The van der Waals surface area contributed by atoms with Crippen LogP contribution in [-0.4, -0.2) is 107 Å². The van der Waals surface area contributed by atoms with E-state index in [0.717, 1.165) is 28.6 Å². The third-order valence-electron chi connectivity index (χ3n) is 9.29. The highest BCUT2D eigenvalue weighted by Gasteiger charge is 2.30. The van der Waals surface area contributed by atoms with Crippen LogP contribution in [0.1, 0.15) is 132 Å². The Morgan fingerprint density at radius 2 is 0.877 bits per heavy atom. The van der Waals surface area contributed by atoms with E-state index in [9.17, 15) is 39.3 Å². The summed E-state index contributed by atoms with van der Waals surface area (Å²) in [6.07, 6.45) is 13.2. The number of aldehydes is 1. The molecular weight excluding hydrogens is 949 g/mol. The average Bonchev–Trinajstić information content (AvgIpc) is 3.22. The van der Waals surface area contributed by atoms with Gasteiger partial charge < -0.3 is 43.4 Å². The lowest BCUT2D eigenvalue weighted by molar-refractivity contribution is -0.151. The molecule has 0 rings (SSSR count). The smallest absolute Gasteiger partial charge is 0.312 e. The number of carbonyl (C=O) groups is 5. The van der Waals surface area contributed by atoms with Gasteiger partial charge in [-0.25, -0.2) is 0 Å². The molecule has 6 atom stereocenters. The minimum absolute atomic E-state index is 0.0630. The van der Waals surface area contributed by atoms with Crippen molar-refractivity contribution in [1.29, 1.82) is 0 Å². The Labute approximate surface area is 445 Å². The third-order valence-corrected chi connectivity index (χ3v) is 10.1. The molecule has 426 valence electrons. The highest BCUT2D eigenvalue weighted by atomic mass is 28.4. The van der Waals surface area contributed by atoms with Crippen molar-refractivity contribution in [3.05, 3.63) is 83.4 Å². The summed E-state index contributed by atoms with van der Waals surface area (Å²) in [6, 6.07) is 0. The maximum Gasteiger partial charge on any atom is 0.312 e. The number of aliphatic hydroxyl groups excluding tert-OH is 2. The van der Waals surface area contributed by atoms with Crippen LogP contribution in [0, 0.1) is 53.3 Å². The van der Waals surface area contributed by atoms with Crippen LogP contribution in [0.5, 0.6) is 0 Å². The molecule has 0 bridgehead atoms. The molecule has 0 radical (unpaired) electrons. The second-order valence-electron chi connectivity index (χ2n) is 21.4. The summed E-state index contributed by atoms with van der Waals surface area (Å²) < 4.78 is 29.4. The Kier molecular flexibility index (Phi) is 47.9. The van der Waals surface area contributed by atoms with E-state index in [1.807, 2.05) is 122 Å². The van der Waals surface area contributed by atoms with E-state index in [0.29, 0.717) is 11.9 Å². The average molecular weight is 1060 g/mol. The number of rotatable bonds is 21. The van der Waals surface area contributed by atoms with Crippen molar-refractivity contribution in [1.82, 2.24) is 0 Å². The van der Waals surface area contributed by atoms with Crippen LogP contribution in [0.25, 0.3) is 0 Å². The summed E-state index contributed by atoms with van der Waals surface area (Å²) in [7, 11) is 5.61. The quantitative estimate of drug-likeness (QED) is 0.0143. The van der Waals surface area contributed by atoms with Gasteiger partial charge in [0.2, 0.25) is 8.32 Å². The summed E-state index contributed by atoms with van der Waals surface area (Å²) in [6.45, 7) is 46.3. The number of aliphatic hydroxyl groups is 3. The second-order valence-corrected chi connectivity index (χ2v) is 25.8. The summed E-state index contributed by atoms with van der Waals surface area (Å²) in [5.74, 6) is -0.883. The fourth-order valence-electron chi connectivity index (χ4n) is 5.65. The van der Waals surface area contributed by atoms with E-state index in [1.54, 1.807) is 45.3 Å². The van der Waals surface area contributed by atoms with Crippen molar-refractivity contribution < 1.29 is 67.4 Å². The first-order valence-electron chi connectivity index (χ1n) is 24.9. The SMILES string of the molecule is C=C(C)/C=C/C(C(=O)OC)C(C)C.CC(C)=CC=O.CO/C(=C/C(C)C)O[Si](C)(C)C.COC(=O)C(/C=C/C(C)(C)O)C(C)C.COC(=O)[C@@H](C(C)C)[C@@H](O)C=C(C)C.COC(=O)[C@@H](C(C)C)[C@H](O)C=C(C)C. The topological polar surface area (TPSA) is 201 Å². The Morgan fingerprint density at radius 3 is 1.07 bits per heavy atom. The van der Waals surface area contributed by atoms with Gasteiger partial charge >= 0.3 is 23.9 Å². The zero-order valence-corrected chi connectivity index (χ0v) is 51.6. The maximum absolute atomic E-state index is 11.4. The van der Waals surface area contributed by atoms with E-state index < -0.39 is 38.0 Å². The molecule has 0 aromatic rings. The number of allylic oxidation sites excluding steroid dienone is 7. The molecular formula is C58H106O14Si. The molecule has 2 unspecified atom stereocenters. The van der Waals surface area contributed by atoms with Crippen LogP contribution in [0.4, 0.5) is 0 Å². The van der Waals surface area contributed by atoms with Crippen LogP contribution in [-0.2, 0) is 52.1 Å². The molecule has 0 heterocycles. The fraction of sp³-hybridized carbons (Fsp3) is 0.672. The number of carbonyl (C=O) groups excluding carboxylic acids is 5. The van der Waals surface area contributed by atoms with Gasteiger partial charge in [-0.1, -0.05) is 135 Å². The van der Waals surface area contributed by atoms with Crippen molar-refractivity contribution in [3.8, 4) is 0 Å². The predicted molar refractivity (Wildman–Crippen MR) is 301 cm³/mol. The monoisotopic (exact) mass is 1050 g/mol. The van der Waals surface area contributed by atoms with Gasteiger partial charge in [0, 0.05) is 0 Å². The van der Waals surface area contributed by atoms with Crippen molar-refractivity contribution in [2.75, 3.05) is 35.5 Å². The Bertz CT molecular complexity index is 1670. The molecule has 0 spiro atoms. The van der Waals surface area contributed by atoms with Gasteiger partial charge in [0.1, 0.15) is 6.29 Å². The standard InChI is InChI=1S/3C11H20O3.C11H18O2.C9H20O2Si.C5H8O/c1-8(2)9(10(12)14-5)6-7-11(3,4)13;2*1-7(2)6-9(12)10(8(3)4)11(13)14-5;1-8(2)6-7-10(9(3)4)11(12)13-5;1-8(2)7-9(10-3)11-12(4,5)6;1-5(2)3-4-6/h6-9,13H,1-5H3;2*6,8-10,12H,1-5H3;6-7,9-10H,1H2,2-5H3;7-8H,1-6H3;3-4H,1-2H3/b7-6+;;;7-6+;9-7-;/t;9-,10+;9-,10-;;;/m.10.../s1. The van der Waals surface area contributed by atoms with Gasteiger partial charge in [-0.05, 0) is 124 Å². The van der Waals surface area contributed by atoms with Gasteiger partial charge in [-0.2, -0.15) is 0 Å². The third kappa shape index (κ3) is 49.4. The van der Waals surface area contributed by atoms with E-state index in [2.05, 4.69) is 59.0 Å². The minimum Gasteiger partial charge on any atom is -0.520 e. The molecule has 15 heteroatoms. The first-order valence-corrected chi connectivity index (χ1v) is 28.4. The fourth-order valence-corrected chi connectivity index (χ4v) is 6.41. The lowest BCUT2D eigenvalue weighted by Gasteiger charge is -2.21. The molecule has 0 aromatic carbocycles. The van der Waals surface area contributed by atoms with Crippen molar-refractivity contribution in [2.45, 2.75) is 169 Å². The predicted octanol–water partition coefficient (Wildman–Crippen LogP) is 12.0. The first-order chi connectivity index (χ1) is 33.2. The van der Waals surface area contributed by atoms with Gasteiger partial charge in [-0.15, -0.1) is 0 Å². The highest BCUT2D eigenvalue weighted by molar-refractivity contribution is 6.70. The normalized spacial score (nSPS) is 13.7. The lowest BCUT2D eigenvalue weighted by atomic mass is 9.89. The second kappa shape index (κ2) is 43.8. The van der Waals surface area contributed by atoms with Crippen molar-refractivity contribution in [3.63, 3.8) is 0 Å². The largest absolute Gasteiger partial charge is 0.520 e. The molecule has 0 aliphatic heterocycles. The summed E-state index contributed by atoms with van der Waals surface area (Å²) in [5, 5.41) is 29.0. The lowest BCUT2D eigenvalue weighted by Crippen LogP contribution is -2.32. The zero-order valence-electron chi connectivity index (χ0n) is 50.6. The van der Waals surface area contributed by atoms with Crippen LogP contribution in [0.15, 0.2) is 83.4 Å². The summed E-state index contributed by atoms with van der Waals surface area (Å²) in [4.78, 5) is 54.8. The van der Waals surface area contributed by atoms with Crippen LogP contribution >= 0.6 is 0 Å². The van der Waals surface area contributed by atoms with E-state index in [1.165, 1.54) is 34.5 Å². The zero-order chi connectivity index (χ0) is 59.2. The van der Waals surface area contributed by atoms with E-state index in [4.69, 9.17) is 9.16 Å². The van der Waals surface area contributed by atoms with Gasteiger partial charge in [0.25, 0.3) is 5.95 Å². The molecule has 0 aliphatic rings. The molecule has 3 N–H and O–H groups in total. The Morgan fingerprint density at radius 1 is 0.534 bits per heavy atom. The van der Waals surface area contributed by atoms with Crippen LogP contribution in [0.2, 0.25) is 19.6 Å². The maximum atomic E-state index is 11.4. The molecule has 0 saturated carbocycles. The molecule has 0 aromatic heterocycles. The minimum atomic E-state index is -1.50. The summed E-state index contributed by atoms with van der Waals surface area (Å²) >= 11 is 0.